The number of aromatic nitrogens is 1. The van der Waals surface area contributed by atoms with Crippen molar-refractivity contribution in [1.82, 2.24) is 4.57 Å². The minimum absolute atomic E-state index is 0.121. The zero-order chi connectivity index (χ0) is 19.7. The lowest BCUT2D eigenvalue weighted by Gasteiger charge is -2.31. The number of nitrogens with zero attached hydrogens (tertiary/aromatic N) is 1. The van der Waals surface area contributed by atoms with Crippen LogP contribution in [0.25, 0.3) is 11.1 Å². The van der Waals surface area contributed by atoms with Crippen LogP contribution in [-0.2, 0) is 12.1 Å². The van der Waals surface area contributed by atoms with Crippen molar-refractivity contribution >= 4 is 5.69 Å². The fourth-order valence-corrected chi connectivity index (χ4v) is 3.05. The molecule has 0 aliphatic heterocycles. The highest BCUT2D eigenvalue weighted by Gasteiger charge is 2.26. The second-order valence-corrected chi connectivity index (χ2v) is 7.78. The molecule has 0 aliphatic rings. The number of para-hydroxylation sites is 1. The largest absolute Gasteiger partial charge is 0.398 e. The van der Waals surface area contributed by atoms with E-state index in [9.17, 15) is 15.0 Å². The van der Waals surface area contributed by atoms with E-state index in [0.717, 1.165) is 16.7 Å². The fourth-order valence-electron chi connectivity index (χ4n) is 3.05. The monoisotopic (exact) mass is 359 g/mol. The highest BCUT2D eigenvalue weighted by Crippen LogP contribution is 2.32. The first-order valence-corrected chi connectivity index (χ1v) is 8.70. The molecule has 6 N–H and O–H groups in total. The third-order valence-corrected chi connectivity index (χ3v) is 4.81. The fraction of sp³-hybridized carbons (Fsp3) is 0.450. The van der Waals surface area contributed by atoms with Crippen LogP contribution in [-0.4, -0.2) is 20.5 Å². The first kappa shape index (κ1) is 20.2. The number of aliphatic hydroxyl groups is 2. The Morgan fingerprint density at radius 1 is 1.15 bits per heavy atom. The third kappa shape index (κ3) is 4.33. The minimum atomic E-state index is -1.28. The van der Waals surface area contributed by atoms with Crippen molar-refractivity contribution in [1.29, 1.82) is 0 Å². The van der Waals surface area contributed by atoms with Crippen LogP contribution < -0.4 is 17.0 Å². The SMILES string of the molecule is Cc1cc(=O)n(C(C)(C)CCC(C)(N)O)cc1-c1cccc(CO)c1N. The summed E-state index contributed by atoms with van der Waals surface area (Å²) in [6.45, 7) is 7.15. The lowest BCUT2D eigenvalue weighted by atomic mass is 9.92. The molecule has 2 aromatic rings. The van der Waals surface area contributed by atoms with Gasteiger partial charge in [0.05, 0.1) is 6.61 Å². The van der Waals surface area contributed by atoms with Gasteiger partial charge in [-0.2, -0.15) is 0 Å². The Bertz CT molecular complexity index is 848. The molecule has 2 rings (SSSR count). The maximum absolute atomic E-state index is 12.6. The number of aliphatic hydroxyl groups excluding tert-OH is 1. The van der Waals surface area contributed by atoms with Gasteiger partial charge in [-0.1, -0.05) is 18.2 Å². The number of anilines is 1. The topological polar surface area (TPSA) is 114 Å². The molecule has 142 valence electrons. The van der Waals surface area contributed by atoms with Crippen LogP contribution >= 0.6 is 0 Å². The number of pyridine rings is 1. The first-order chi connectivity index (χ1) is 12.0. The molecule has 6 heteroatoms. The summed E-state index contributed by atoms with van der Waals surface area (Å²) in [4.78, 5) is 12.6. The number of nitrogens with two attached hydrogens (primary N) is 2. The molecule has 0 saturated heterocycles. The Morgan fingerprint density at radius 2 is 1.81 bits per heavy atom. The van der Waals surface area contributed by atoms with Gasteiger partial charge in [0.1, 0.15) is 5.72 Å². The predicted octanol–water partition coefficient (Wildman–Crippen LogP) is 2.08. The number of nitrogen functional groups attached to an aromatic ring is 1. The number of hydrogen-bond acceptors (Lipinski definition) is 5. The van der Waals surface area contributed by atoms with Crippen molar-refractivity contribution in [2.24, 2.45) is 5.73 Å². The molecule has 0 bridgehead atoms. The zero-order valence-electron chi connectivity index (χ0n) is 15.9. The number of aryl methyl sites for hydroxylation is 1. The van der Waals surface area contributed by atoms with E-state index in [2.05, 4.69) is 0 Å². The summed E-state index contributed by atoms with van der Waals surface area (Å²) in [6, 6.07) is 7.08. The molecule has 1 heterocycles. The summed E-state index contributed by atoms with van der Waals surface area (Å²) in [5.74, 6) is 0. The zero-order valence-corrected chi connectivity index (χ0v) is 15.9. The Kier molecular flexibility index (Phi) is 5.61. The van der Waals surface area contributed by atoms with Gasteiger partial charge in [0.2, 0.25) is 0 Å². The molecule has 1 aromatic heterocycles. The van der Waals surface area contributed by atoms with Gasteiger partial charge in [-0.05, 0) is 46.1 Å². The number of rotatable bonds is 6. The summed E-state index contributed by atoms with van der Waals surface area (Å²) in [7, 11) is 0. The lowest BCUT2D eigenvalue weighted by Crippen LogP contribution is -2.41. The van der Waals surface area contributed by atoms with Crippen molar-refractivity contribution in [3.63, 3.8) is 0 Å². The maximum atomic E-state index is 12.6. The van der Waals surface area contributed by atoms with Gasteiger partial charge in [-0.3, -0.25) is 4.79 Å². The summed E-state index contributed by atoms with van der Waals surface area (Å²) in [6.07, 6.45) is 2.69. The summed E-state index contributed by atoms with van der Waals surface area (Å²) in [5.41, 5.74) is 13.5. The van der Waals surface area contributed by atoms with Crippen LogP contribution in [0.1, 0.15) is 44.7 Å². The molecule has 0 spiro atoms. The van der Waals surface area contributed by atoms with E-state index in [4.69, 9.17) is 11.5 Å². The third-order valence-electron chi connectivity index (χ3n) is 4.81. The van der Waals surface area contributed by atoms with E-state index in [-0.39, 0.29) is 12.2 Å². The van der Waals surface area contributed by atoms with E-state index in [1.807, 2.05) is 32.9 Å². The second-order valence-electron chi connectivity index (χ2n) is 7.78. The van der Waals surface area contributed by atoms with Crippen molar-refractivity contribution in [2.45, 2.75) is 58.4 Å². The highest BCUT2D eigenvalue weighted by molar-refractivity contribution is 5.79. The smallest absolute Gasteiger partial charge is 0.251 e. The van der Waals surface area contributed by atoms with Gasteiger partial charge in [0.15, 0.2) is 0 Å². The molecule has 0 aliphatic carbocycles. The molecule has 0 saturated carbocycles. The maximum Gasteiger partial charge on any atom is 0.251 e. The van der Waals surface area contributed by atoms with Gasteiger partial charge >= 0.3 is 0 Å². The first-order valence-electron chi connectivity index (χ1n) is 8.70. The van der Waals surface area contributed by atoms with Gasteiger partial charge < -0.3 is 26.2 Å². The Labute approximate surface area is 154 Å². The average molecular weight is 359 g/mol. The minimum Gasteiger partial charge on any atom is -0.398 e. The van der Waals surface area contributed by atoms with Crippen LogP contribution in [0.2, 0.25) is 0 Å². The molecule has 1 atom stereocenters. The van der Waals surface area contributed by atoms with Crippen molar-refractivity contribution < 1.29 is 10.2 Å². The van der Waals surface area contributed by atoms with Crippen molar-refractivity contribution in [2.75, 3.05) is 5.73 Å². The quantitative estimate of drug-likeness (QED) is 0.466. The van der Waals surface area contributed by atoms with Crippen molar-refractivity contribution in [3.05, 3.63) is 51.9 Å². The molecule has 0 fully saturated rings. The van der Waals surface area contributed by atoms with Crippen LogP contribution in [0.4, 0.5) is 5.69 Å². The van der Waals surface area contributed by atoms with Crippen LogP contribution in [0.15, 0.2) is 35.3 Å². The highest BCUT2D eigenvalue weighted by atomic mass is 16.3. The van der Waals surface area contributed by atoms with E-state index in [1.165, 1.54) is 0 Å². The van der Waals surface area contributed by atoms with E-state index < -0.39 is 11.3 Å². The van der Waals surface area contributed by atoms with E-state index in [0.29, 0.717) is 24.1 Å². The van der Waals surface area contributed by atoms with Gasteiger partial charge in [-0.15, -0.1) is 0 Å². The van der Waals surface area contributed by atoms with Gasteiger partial charge in [0, 0.05) is 40.2 Å². The Balaban J connectivity index is 2.56. The number of hydrogen-bond donors (Lipinski definition) is 4. The Morgan fingerprint density at radius 3 is 2.38 bits per heavy atom. The van der Waals surface area contributed by atoms with Gasteiger partial charge in [0.25, 0.3) is 5.56 Å². The number of benzene rings is 1. The summed E-state index contributed by atoms with van der Waals surface area (Å²) >= 11 is 0. The van der Waals surface area contributed by atoms with Crippen LogP contribution in [0, 0.1) is 6.92 Å². The summed E-state index contributed by atoms with van der Waals surface area (Å²) in [5, 5.41) is 19.3. The van der Waals surface area contributed by atoms with Crippen molar-refractivity contribution in [3.8, 4) is 11.1 Å². The van der Waals surface area contributed by atoms with Gasteiger partial charge in [-0.25, -0.2) is 0 Å². The lowest BCUT2D eigenvalue weighted by molar-refractivity contribution is 0.0448. The Hall–Kier alpha value is -2.15. The van der Waals surface area contributed by atoms with Crippen LogP contribution in [0.5, 0.6) is 0 Å². The molecular formula is C20H29N3O3. The predicted molar refractivity (Wildman–Crippen MR) is 105 cm³/mol. The van der Waals surface area contributed by atoms with Crippen LogP contribution in [0.3, 0.4) is 0 Å². The van der Waals surface area contributed by atoms with E-state index >= 15 is 0 Å². The molecule has 1 unspecified atom stereocenters. The second kappa shape index (κ2) is 7.23. The molecule has 26 heavy (non-hydrogen) atoms. The normalized spacial score (nSPS) is 14.3. The average Bonchev–Trinajstić information content (AvgIpc) is 2.53. The molecule has 1 aromatic carbocycles. The summed E-state index contributed by atoms with van der Waals surface area (Å²) < 4.78 is 1.66. The standard InChI is InChI=1S/C20H29N3O3/c1-13-10-17(25)23(19(2,3)8-9-20(4,22)26)11-16(13)15-7-5-6-14(12-24)18(15)21/h5-7,10-11,24,26H,8-9,12,21-22H2,1-4H3. The molecule has 0 amide bonds. The molecule has 0 radical (unpaired) electrons. The molecular weight excluding hydrogens is 330 g/mol. The van der Waals surface area contributed by atoms with E-state index in [1.54, 1.807) is 29.8 Å². The molecule has 6 nitrogen and oxygen atoms in total.